The largest absolute Gasteiger partial charge is 0.497 e. The SMILES string of the molecule is C=Cc1ccc(CCCCOc2ccc([C@@H](NC(=O)OC(C)(C)C)[C@H](NC(=O)OC(C)(C)C)c3ccc(OC)cc3)cc2)cc1. The molecule has 2 atom stereocenters. The van der Waals surface area contributed by atoms with Crippen LogP contribution >= 0.6 is 0 Å². The van der Waals surface area contributed by atoms with Crippen molar-refractivity contribution in [2.45, 2.75) is 84.1 Å². The van der Waals surface area contributed by atoms with Gasteiger partial charge in [0.15, 0.2) is 0 Å². The van der Waals surface area contributed by atoms with E-state index in [2.05, 4.69) is 41.5 Å². The van der Waals surface area contributed by atoms with Crippen molar-refractivity contribution in [2.24, 2.45) is 0 Å². The predicted octanol–water partition coefficient (Wildman–Crippen LogP) is 8.57. The van der Waals surface area contributed by atoms with Crippen molar-refractivity contribution in [1.82, 2.24) is 10.6 Å². The van der Waals surface area contributed by atoms with E-state index in [1.54, 1.807) is 60.8 Å². The number of amides is 2. The fourth-order valence-corrected chi connectivity index (χ4v) is 4.61. The minimum absolute atomic E-state index is 0.582. The van der Waals surface area contributed by atoms with Crippen LogP contribution in [0.5, 0.6) is 11.5 Å². The van der Waals surface area contributed by atoms with Gasteiger partial charge < -0.3 is 29.6 Å². The molecule has 0 aromatic heterocycles. The van der Waals surface area contributed by atoms with Gasteiger partial charge in [-0.3, -0.25) is 0 Å². The number of alkyl carbamates (subject to hydrolysis) is 2. The molecular weight excluding hydrogens is 568 g/mol. The maximum absolute atomic E-state index is 13.1. The first kappa shape index (κ1) is 35.0. The first-order chi connectivity index (χ1) is 21.3. The van der Waals surface area contributed by atoms with Gasteiger partial charge in [-0.2, -0.15) is 0 Å². The standard InChI is InChI=1S/C37H48N2O6/c1-9-26-13-15-27(16-14-26)12-10-11-25-43-31-23-19-29(20-24-31)33(39-35(41)45-37(5,6)7)32(38-34(40)44-36(2,3)4)28-17-21-30(42-8)22-18-28/h9,13-24,32-33H,1,10-12,25H2,2-8H3,(H,38,40)(H,39,41)/t32-,33-/m1/s1. The molecule has 3 aromatic rings. The smallest absolute Gasteiger partial charge is 0.408 e. The molecule has 0 heterocycles. The molecule has 0 aliphatic carbocycles. The van der Waals surface area contributed by atoms with Crippen LogP contribution in [0.1, 0.15) is 88.7 Å². The number of aryl methyl sites for hydroxylation is 1. The van der Waals surface area contributed by atoms with Crippen molar-refractivity contribution in [3.05, 3.63) is 102 Å². The molecule has 242 valence electrons. The molecule has 0 fully saturated rings. The molecule has 0 unspecified atom stereocenters. The number of nitrogens with one attached hydrogen (secondary N) is 2. The molecule has 0 bridgehead atoms. The van der Waals surface area contributed by atoms with Crippen molar-refractivity contribution in [1.29, 1.82) is 0 Å². The lowest BCUT2D eigenvalue weighted by atomic mass is 9.93. The van der Waals surface area contributed by atoms with Crippen LogP contribution in [0.2, 0.25) is 0 Å². The molecule has 0 aliphatic heterocycles. The number of benzene rings is 3. The molecule has 2 amide bonds. The molecule has 3 aromatic carbocycles. The van der Waals surface area contributed by atoms with Crippen LogP contribution in [-0.2, 0) is 15.9 Å². The number of hydrogen-bond donors (Lipinski definition) is 2. The second-order valence-electron chi connectivity index (χ2n) is 12.8. The summed E-state index contributed by atoms with van der Waals surface area (Å²) >= 11 is 0. The van der Waals surface area contributed by atoms with Gasteiger partial charge in [-0.15, -0.1) is 0 Å². The molecule has 0 aliphatic rings. The predicted molar refractivity (Wildman–Crippen MR) is 179 cm³/mol. The highest BCUT2D eigenvalue weighted by Crippen LogP contribution is 2.32. The summed E-state index contributed by atoms with van der Waals surface area (Å²) in [7, 11) is 1.59. The Bertz CT molecular complexity index is 1370. The molecule has 3 rings (SSSR count). The van der Waals surface area contributed by atoms with Crippen molar-refractivity contribution >= 4 is 18.3 Å². The summed E-state index contributed by atoms with van der Waals surface area (Å²) in [5.41, 5.74) is 2.47. The lowest BCUT2D eigenvalue weighted by molar-refractivity contribution is 0.0427. The topological polar surface area (TPSA) is 95.1 Å². The Kier molecular flexibility index (Phi) is 12.5. The molecule has 2 N–H and O–H groups in total. The zero-order chi connectivity index (χ0) is 33.0. The van der Waals surface area contributed by atoms with Crippen molar-refractivity contribution < 1.29 is 28.5 Å². The number of carbonyl (C=O) groups is 2. The minimum atomic E-state index is -0.713. The minimum Gasteiger partial charge on any atom is -0.497 e. The van der Waals surface area contributed by atoms with E-state index in [0.717, 1.165) is 36.0 Å². The molecule has 0 radical (unpaired) electrons. The van der Waals surface area contributed by atoms with Gasteiger partial charge in [-0.1, -0.05) is 61.2 Å². The molecule has 0 saturated carbocycles. The Morgan fingerprint density at radius 3 is 1.60 bits per heavy atom. The highest BCUT2D eigenvalue weighted by atomic mass is 16.6. The highest BCUT2D eigenvalue weighted by Gasteiger charge is 2.31. The maximum atomic E-state index is 13.1. The number of carbonyl (C=O) groups excluding carboxylic acids is 2. The molecule has 8 heteroatoms. The first-order valence-electron chi connectivity index (χ1n) is 15.3. The summed E-state index contributed by atoms with van der Waals surface area (Å²) in [6, 6.07) is 21.8. The zero-order valence-electron chi connectivity index (χ0n) is 27.6. The molecule has 8 nitrogen and oxygen atoms in total. The Morgan fingerprint density at radius 1 is 0.711 bits per heavy atom. The van der Waals surface area contributed by atoms with E-state index in [0.29, 0.717) is 18.1 Å². The van der Waals surface area contributed by atoms with Crippen LogP contribution in [0.4, 0.5) is 9.59 Å². The van der Waals surface area contributed by atoms with Crippen LogP contribution in [0.3, 0.4) is 0 Å². The van der Waals surface area contributed by atoms with Gasteiger partial charge in [-0.05, 0) is 107 Å². The maximum Gasteiger partial charge on any atom is 0.408 e. The summed E-state index contributed by atoms with van der Waals surface area (Å²) in [6.45, 7) is 15.2. The third-order valence-electron chi connectivity index (χ3n) is 6.74. The summed E-state index contributed by atoms with van der Waals surface area (Å²) < 4.78 is 22.5. The number of unbranched alkanes of at least 4 members (excludes halogenated alkanes) is 1. The van der Waals surface area contributed by atoms with Crippen molar-refractivity contribution in [3.8, 4) is 11.5 Å². The summed E-state index contributed by atoms with van der Waals surface area (Å²) in [6.07, 6.45) is 3.51. The molecule has 0 spiro atoms. The summed E-state index contributed by atoms with van der Waals surface area (Å²) in [4.78, 5) is 26.1. The number of hydrogen-bond acceptors (Lipinski definition) is 6. The summed E-state index contributed by atoms with van der Waals surface area (Å²) in [5, 5.41) is 5.95. The second kappa shape index (κ2) is 16.0. The quantitative estimate of drug-likeness (QED) is 0.187. The van der Waals surface area contributed by atoms with E-state index in [1.807, 2.05) is 42.5 Å². The summed E-state index contributed by atoms with van der Waals surface area (Å²) in [5.74, 6) is 1.38. The fourth-order valence-electron chi connectivity index (χ4n) is 4.61. The third-order valence-corrected chi connectivity index (χ3v) is 6.74. The fraction of sp³-hybridized carbons (Fsp3) is 0.405. The van der Waals surface area contributed by atoms with E-state index in [1.165, 1.54) is 5.56 Å². The van der Waals surface area contributed by atoms with Crippen molar-refractivity contribution in [2.75, 3.05) is 13.7 Å². The van der Waals surface area contributed by atoms with Gasteiger partial charge in [0.05, 0.1) is 25.8 Å². The molecule has 0 saturated heterocycles. The lowest BCUT2D eigenvalue weighted by Crippen LogP contribution is -2.44. The van der Waals surface area contributed by atoms with Gasteiger partial charge >= 0.3 is 12.2 Å². The van der Waals surface area contributed by atoms with E-state index in [9.17, 15) is 9.59 Å². The molecule has 45 heavy (non-hydrogen) atoms. The van der Waals surface area contributed by atoms with E-state index >= 15 is 0 Å². The van der Waals surface area contributed by atoms with Crippen LogP contribution < -0.4 is 20.1 Å². The van der Waals surface area contributed by atoms with Gasteiger partial charge in [0.25, 0.3) is 0 Å². The number of ether oxygens (including phenoxy) is 4. The van der Waals surface area contributed by atoms with Crippen LogP contribution in [0, 0.1) is 0 Å². The Labute approximate surface area is 268 Å². The van der Waals surface area contributed by atoms with Crippen LogP contribution in [-0.4, -0.2) is 37.1 Å². The normalized spacial score (nSPS) is 12.8. The average molecular weight is 617 g/mol. The van der Waals surface area contributed by atoms with Gasteiger partial charge in [0.2, 0.25) is 0 Å². The third kappa shape index (κ3) is 12.2. The van der Waals surface area contributed by atoms with Gasteiger partial charge in [0, 0.05) is 0 Å². The second-order valence-corrected chi connectivity index (χ2v) is 12.8. The van der Waals surface area contributed by atoms with E-state index in [-0.39, 0.29) is 0 Å². The molecular formula is C37H48N2O6. The lowest BCUT2D eigenvalue weighted by Gasteiger charge is -2.32. The number of rotatable bonds is 13. The Morgan fingerprint density at radius 2 is 1.18 bits per heavy atom. The van der Waals surface area contributed by atoms with E-state index in [4.69, 9.17) is 18.9 Å². The highest BCUT2D eigenvalue weighted by molar-refractivity contribution is 5.71. The van der Waals surface area contributed by atoms with Gasteiger partial charge in [0.1, 0.15) is 22.7 Å². The average Bonchev–Trinajstić information content (AvgIpc) is 2.98. The van der Waals surface area contributed by atoms with Crippen LogP contribution in [0.25, 0.3) is 6.08 Å². The van der Waals surface area contributed by atoms with E-state index < -0.39 is 35.5 Å². The van der Waals surface area contributed by atoms with Gasteiger partial charge in [-0.25, -0.2) is 9.59 Å². The number of methoxy groups -OCH3 is 1. The Hall–Kier alpha value is -4.46. The first-order valence-corrected chi connectivity index (χ1v) is 15.3. The van der Waals surface area contributed by atoms with Crippen LogP contribution in [0.15, 0.2) is 79.4 Å². The van der Waals surface area contributed by atoms with Crippen molar-refractivity contribution in [3.63, 3.8) is 0 Å². The Balaban J connectivity index is 1.79. The zero-order valence-corrected chi connectivity index (χ0v) is 27.6. The monoisotopic (exact) mass is 616 g/mol.